The Morgan fingerprint density at radius 2 is 0.944 bits per heavy atom. The van der Waals surface area contributed by atoms with Gasteiger partial charge in [-0.2, -0.15) is 0 Å². The SMILES string of the molecule is C[C@H](CSSC[C@@H](C)C(=O)N1CCC[C@H]1C(=O)OCCN1C(=O)c2ccccc2C1=O)C(=O)N1CCC[C@H]1C(=O)OCCN1C(=O)c2ccccc2C1=O. The van der Waals surface area contributed by atoms with Gasteiger partial charge >= 0.3 is 11.9 Å². The standard InChI is InChI=1S/C38H42N4O10S2/c1-23(31(43)39-15-7-13-29(39)37(49)51-19-17-41-33(45)25-9-3-4-10-26(25)34(41)46)21-53-54-22-24(2)32(44)40-16-8-14-30(40)38(50)52-20-18-42-35(47)27-11-5-6-12-28(27)36(42)48/h3-6,9-12,23-24,29-30H,7-8,13-22H2,1-2H3/t23-,24-,29+,30+/m1/s1. The van der Waals surface area contributed by atoms with Crippen LogP contribution in [-0.4, -0.2) is 130 Å². The zero-order valence-electron chi connectivity index (χ0n) is 30.1. The number of esters is 2. The second kappa shape index (κ2) is 17.2. The molecule has 16 heteroatoms. The fourth-order valence-corrected chi connectivity index (χ4v) is 9.80. The maximum absolute atomic E-state index is 13.4. The number of ether oxygens (including phenoxy) is 2. The van der Waals surface area contributed by atoms with Crippen LogP contribution in [0, 0.1) is 11.8 Å². The van der Waals surface area contributed by atoms with Crippen molar-refractivity contribution in [2.45, 2.75) is 51.6 Å². The summed E-state index contributed by atoms with van der Waals surface area (Å²) in [5.41, 5.74) is 1.29. The molecule has 2 aromatic carbocycles. The number of nitrogens with zero attached hydrogens (tertiary/aromatic N) is 4. The lowest BCUT2D eigenvalue weighted by atomic mass is 10.1. The van der Waals surface area contributed by atoms with Crippen LogP contribution in [0.3, 0.4) is 0 Å². The number of likely N-dealkylation sites (tertiary alicyclic amines) is 2. The van der Waals surface area contributed by atoms with Crippen LogP contribution in [0.4, 0.5) is 0 Å². The molecule has 4 aliphatic heterocycles. The van der Waals surface area contributed by atoms with Crippen LogP contribution in [0.2, 0.25) is 0 Å². The number of benzene rings is 2. The highest BCUT2D eigenvalue weighted by atomic mass is 33.1. The predicted octanol–water partition coefficient (Wildman–Crippen LogP) is 3.30. The number of imide groups is 2. The molecular formula is C38H42N4O10S2. The van der Waals surface area contributed by atoms with E-state index in [-0.39, 0.29) is 38.1 Å². The van der Waals surface area contributed by atoms with E-state index < -0.39 is 59.5 Å². The summed E-state index contributed by atoms with van der Waals surface area (Å²) in [6.45, 7) is 3.95. The molecule has 6 rings (SSSR count). The topological polar surface area (TPSA) is 168 Å². The molecule has 2 aromatic rings. The number of fused-ring (bicyclic) bond motifs is 2. The molecule has 0 radical (unpaired) electrons. The second-order valence-corrected chi connectivity index (χ2v) is 16.3. The Morgan fingerprint density at radius 1 is 0.611 bits per heavy atom. The third-order valence-electron chi connectivity index (χ3n) is 10.1. The lowest BCUT2D eigenvalue weighted by molar-refractivity contribution is -0.154. The highest BCUT2D eigenvalue weighted by Crippen LogP contribution is 2.31. The lowest BCUT2D eigenvalue weighted by Gasteiger charge is -2.27. The Balaban J connectivity index is 0.887. The lowest BCUT2D eigenvalue weighted by Crippen LogP contribution is -2.45. The smallest absolute Gasteiger partial charge is 0.328 e. The maximum Gasteiger partial charge on any atom is 0.328 e. The number of carbonyl (C=O) groups excluding carboxylic acids is 8. The summed E-state index contributed by atoms with van der Waals surface area (Å²) < 4.78 is 10.9. The highest BCUT2D eigenvalue weighted by molar-refractivity contribution is 8.76. The molecule has 4 aliphatic rings. The summed E-state index contributed by atoms with van der Waals surface area (Å²) in [5, 5.41) is 0. The molecule has 6 amide bonds. The normalized spacial score (nSPS) is 20.3. The van der Waals surface area contributed by atoms with E-state index in [2.05, 4.69) is 0 Å². The molecule has 0 N–H and O–H groups in total. The van der Waals surface area contributed by atoms with Crippen molar-refractivity contribution in [2.24, 2.45) is 11.8 Å². The van der Waals surface area contributed by atoms with Gasteiger partial charge in [0, 0.05) is 36.4 Å². The van der Waals surface area contributed by atoms with E-state index in [1.807, 2.05) is 0 Å². The average Bonchev–Trinajstić information content (AvgIpc) is 3.97. The van der Waals surface area contributed by atoms with Crippen molar-refractivity contribution in [1.82, 2.24) is 19.6 Å². The van der Waals surface area contributed by atoms with Crippen LogP contribution >= 0.6 is 21.6 Å². The molecule has 0 bridgehead atoms. The van der Waals surface area contributed by atoms with Gasteiger partial charge < -0.3 is 19.3 Å². The Labute approximate surface area is 320 Å². The van der Waals surface area contributed by atoms with Crippen LogP contribution < -0.4 is 0 Å². The van der Waals surface area contributed by atoms with Crippen molar-refractivity contribution in [3.8, 4) is 0 Å². The van der Waals surface area contributed by atoms with E-state index in [9.17, 15) is 38.4 Å². The van der Waals surface area contributed by atoms with Crippen LogP contribution in [0.5, 0.6) is 0 Å². The monoisotopic (exact) mass is 778 g/mol. The number of carbonyl (C=O) groups is 8. The molecule has 286 valence electrons. The minimum absolute atomic E-state index is 0.0757. The molecule has 0 aromatic heterocycles. The van der Waals surface area contributed by atoms with E-state index in [1.54, 1.807) is 72.2 Å². The van der Waals surface area contributed by atoms with E-state index in [0.29, 0.717) is 72.5 Å². The van der Waals surface area contributed by atoms with Gasteiger partial charge in [-0.25, -0.2) is 9.59 Å². The summed E-state index contributed by atoms with van der Waals surface area (Å²) >= 11 is 0. The van der Waals surface area contributed by atoms with Gasteiger partial charge in [-0.1, -0.05) is 59.7 Å². The zero-order chi connectivity index (χ0) is 38.5. The fourth-order valence-electron chi connectivity index (χ4n) is 7.11. The van der Waals surface area contributed by atoms with Gasteiger partial charge in [-0.3, -0.25) is 38.6 Å². The van der Waals surface area contributed by atoms with Gasteiger partial charge in [0.05, 0.1) is 35.3 Å². The average molecular weight is 779 g/mol. The van der Waals surface area contributed by atoms with Crippen molar-refractivity contribution in [3.05, 3.63) is 70.8 Å². The van der Waals surface area contributed by atoms with E-state index >= 15 is 0 Å². The summed E-state index contributed by atoms with van der Waals surface area (Å²) in [4.78, 5) is 108. The summed E-state index contributed by atoms with van der Waals surface area (Å²) in [6, 6.07) is 11.6. The number of amides is 6. The van der Waals surface area contributed by atoms with Crippen LogP contribution in [0.25, 0.3) is 0 Å². The first-order valence-electron chi connectivity index (χ1n) is 18.1. The molecule has 0 unspecified atom stereocenters. The third-order valence-corrected chi connectivity index (χ3v) is 12.8. The van der Waals surface area contributed by atoms with E-state index in [1.165, 1.54) is 21.6 Å². The number of rotatable bonds is 15. The van der Waals surface area contributed by atoms with Crippen molar-refractivity contribution in [1.29, 1.82) is 0 Å². The highest BCUT2D eigenvalue weighted by Gasteiger charge is 2.40. The van der Waals surface area contributed by atoms with Gasteiger partial charge in [0.1, 0.15) is 25.3 Å². The fraction of sp³-hybridized carbons (Fsp3) is 0.474. The number of hydrogen-bond donors (Lipinski definition) is 0. The molecule has 0 aliphatic carbocycles. The summed E-state index contributed by atoms with van der Waals surface area (Å²) in [5.74, 6) is -3.08. The molecule has 4 heterocycles. The van der Waals surface area contributed by atoms with E-state index in [0.717, 1.165) is 9.80 Å². The predicted molar refractivity (Wildman–Crippen MR) is 198 cm³/mol. The first-order chi connectivity index (χ1) is 26.0. The van der Waals surface area contributed by atoms with E-state index in [4.69, 9.17) is 9.47 Å². The van der Waals surface area contributed by atoms with Crippen molar-refractivity contribution < 1.29 is 47.8 Å². The molecule has 4 atom stereocenters. The second-order valence-electron chi connectivity index (χ2n) is 13.7. The van der Waals surface area contributed by atoms with Crippen molar-refractivity contribution in [2.75, 3.05) is 50.9 Å². The molecular weight excluding hydrogens is 737 g/mol. The Hall–Kier alpha value is -4.70. The molecule has 2 saturated heterocycles. The molecule has 2 fully saturated rings. The molecule has 14 nitrogen and oxygen atoms in total. The Bertz CT molecular complexity index is 1650. The van der Waals surface area contributed by atoms with Gasteiger partial charge in [-0.15, -0.1) is 0 Å². The van der Waals surface area contributed by atoms with Gasteiger partial charge in [-0.05, 0) is 49.9 Å². The first-order valence-corrected chi connectivity index (χ1v) is 20.6. The van der Waals surface area contributed by atoms with Gasteiger partial charge in [0.25, 0.3) is 23.6 Å². The van der Waals surface area contributed by atoms with Gasteiger partial charge in [0.2, 0.25) is 11.8 Å². The molecule has 54 heavy (non-hydrogen) atoms. The third kappa shape index (κ3) is 8.04. The van der Waals surface area contributed by atoms with Crippen molar-refractivity contribution >= 4 is 69.0 Å². The Kier molecular flexibility index (Phi) is 12.4. The minimum Gasteiger partial charge on any atom is -0.462 e. The summed E-state index contributed by atoms with van der Waals surface area (Å²) in [6.07, 6.45) is 2.22. The van der Waals surface area contributed by atoms with Crippen LogP contribution in [-0.2, 0) is 28.7 Å². The molecule has 0 saturated carbocycles. The number of hydrogen-bond acceptors (Lipinski definition) is 12. The quantitative estimate of drug-likeness (QED) is 0.112. The van der Waals surface area contributed by atoms with Gasteiger partial charge in [0.15, 0.2) is 0 Å². The van der Waals surface area contributed by atoms with Crippen LogP contribution in [0.1, 0.15) is 81.0 Å². The minimum atomic E-state index is -0.736. The Morgan fingerprint density at radius 3 is 1.28 bits per heavy atom. The largest absolute Gasteiger partial charge is 0.462 e. The summed E-state index contributed by atoms with van der Waals surface area (Å²) in [7, 11) is 2.91. The first kappa shape index (κ1) is 39.0. The zero-order valence-corrected chi connectivity index (χ0v) is 31.7. The maximum atomic E-state index is 13.4. The van der Waals surface area contributed by atoms with Crippen LogP contribution in [0.15, 0.2) is 48.5 Å². The molecule has 0 spiro atoms. The van der Waals surface area contributed by atoms with Crippen molar-refractivity contribution in [3.63, 3.8) is 0 Å².